The minimum atomic E-state index is -1.31. The van der Waals surface area contributed by atoms with Gasteiger partial charge in [-0.1, -0.05) is 50.3 Å². The van der Waals surface area contributed by atoms with E-state index in [1.165, 1.54) is 4.90 Å². The fourth-order valence-corrected chi connectivity index (χ4v) is 5.01. The van der Waals surface area contributed by atoms with Gasteiger partial charge in [0, 0.05) is 17.6 Å². The maximum Gasteiger partial charge on any atom is 0.408 e. The van der Waals surface area contributed by atoms with Crippen LogP contribution in [0.15, 0.2) is 24.3 Å². The highest BCUT2D eigenvalue weighted by Crippen LogP contribution is 2.41. The van der Waals surface area contributed by atoms with Gasteiger partial charge in [-0.05, 0) is 57.6 Å². The third-order valence-corrected chi connectivity index (χ3v) is 6.96. The van der Waals surface area contributed by atoms with Crippen LogP contribution in [0.1, 0.15) is 89.8 Å². The summed E-state index contributed by atoms with van der Waals surface area (Å²) in [5.74, 6) is 1.08. The lowest BCUT2D eigenvalue weighted by molar-refractivity contribution is -0.144. The molecule has 4 atom stereocenters. The van der Waals surface area contributed by atoms with Crippen LogP contribution in [0.5, 0.6) is 0 Å². The Labute approximate surface area is 225 Å². The number of nitrogens with two attached hydrogens (primary N) is 1. The number of rotatable bonds is 9. The highest BCUT2D eigenvalue weighted by molar-refractivity contribution is 5.95. The van der Waals surface area contributed by atoms with Gasteiger partial charge in [-0.3, -0.25) is 14.4 Å². The Kier molecular flexibility index (Phi) is 9.42. The fraction of sp³-hybridized carbons (Fsp3) is 0.586. The topological polar surface area (TPSA) is 131 Å². The van der Waals surface area contributed by atoms with E-state index in [1.54, 1.807) is 45.0 Å². The summed E-state index contributed by atoms with van der Waals surface area (Å²) in [6.07, 6.45) is 10.1. The minimum Gasteiger partial charge on any atom is -0.444 e. The first-order valence-corrected chi connectivity index (χ1v) is 13.4. The molecule has 1 aromatic carbocycles. The number of benzene rings is 1. The molecule has 2 aliphatic rings. The largest absolute Gasteiger partial charge is 0.444 e. The van der Waals surface area contributed by atoms with Crippen molar-refractivity contribution in [2.45, 2.75) is 102 Å². The normalized spacial score (nSPS) is 20.8. The molecule has 4 N–H and O–H groups in total. The van der Waals surface area contributed by atoms with Crippen LogP contribution < -0.4 is 16.4 Å². The molecule has 9 nitrogen and oxygen atoms in total. The van der Waals surface area contributed by atoms with Crippen molar-refractivity contribution in [2.75, 3.05) is 0 Å². The smallest absolute Gasteiger partial charge is 0.408 e. The Morgan fingerprint density at radius 3 is 2.34 bits per heavy atom. The number of nitrogens with one attached hydrogen (secondary N) is 2. The molecule has 9 heteroatoms. The third-order valence-electron chi connectivity index (χ3n) is 6.96. The first kappa shape index (κ1) is 29.0. The van der Waals surface area contributed by atoms with Crippen molar-refractivity contribution < 1.29 is 23.9 Å². The first-order valence-electron chi connectivity index (χ1n) is 13.4. The number of nitrogens with zero attached hydrogens (tertiary/aromatic N) is 1. The number of hydrogen-bond donors (Lipinski definition) is 3. The van der Waals surface area contributed by atoms with E-state index in [9.17, 15) is 19.2 Å². The van der Waals surface area contributed by atoms with Crippen LogP contribution in [0.2, 0.25) is 0 Å². The third kappa shape index (κ3) is 7.73. The Balaban J connectivity index is 2.02. The zero-order chi connectivity index (χ0) is 28.0. The number of primary amides is 1. The standard InChI is InChI=1S/C29H40N4O5/c1-6-19-12-10-11-15-21(19)25(26(35)31-20-13-8-7-9-14-20)33(23-16-18(23)2)27(36)22(17-24(30)34)32-28(37)38-29(3,4)5/h1,10-12,15,18,20,22-23,25H,7-9,13-14,16-17H2,2-5H3,(H2,30,34)(H,31,35)(H,32,37). The summed E-state index contributed by atoms with van der Waals surface area (Å²) in [6, 6.07) is 4.42. The van der Waals surface area contributed by atoms with Crippen LogP contribution in [0.4, 0.5) is 4.79 Å². The summed E-state index contributed by atoms with van der Waals surface area (Å²) in [7, 11) is 0. The Bertz CT molecular complexity index is 1080. The second-order valence-corrected chi connectivity index (χ2v) is 11.4. The summed E-state index contributed by atoms with van der Waals surface area (Å²) in [5, 5.41) is 5.66. The Hall–Kier alpha value is -3.54. The van der Waals surface area contributed by atoms with Gasteiger partial charge in [-0.2, -0.15) is 0 Å². The molecule has 0 aliphatic heterocycles. The molecule has 206 valence electrons. The molecule has 0 spiro atoms. The Morgan fingerprint density at radius 1 is 1.16 bits per heavy atom. The number of hydrogen-bond acceptors (Lipinski definition) is 5. The molecule has 38 heavy (non-hydrogen) atoms. The quantitative estimate of drug-likeness (QED) is 0.427. The summed E-state index contributed by atoms with van der Waals surface area (Å²) in [6.45, 7) is 7.06. The van der Waals surface area contributed by atoms with Crippen LogP contribution in [0.25, 0.3) is 0 Å². The molecule has 4 unspecified atom stereocenters. The number of terminal acetylenes is 1. The van der Waals surface area contributed by atoms with Crippen LogP contribution in [0, 0.1) is 18.3 Å². The highest BCUT2D eigenvalue weighted by Gasteiger charge is 2.49. The predicted molar refractivity (Wildman–Crippen MR) is 144 cm³/mol. The lowest BCUT2D eigenvalue weighted by Crippen LogP contribution is -2.55. The second-order valence-electron chi connectivity index (χ2n) is 11.4. The average Bonchev–Trinajstić information content (AvgIpc) is 3.56. The summed E-state index contributed by atoms with van der Waals surface area (Å²) < 4.78 is 5.33. The van der Waals surface area contributed by atoms with Crippen molar-refractivity contribution in [1.29, 1.82) is 0 Å². The number of ether oxygens (including phenoxy) is 1. The van der Waals surface area contributed by atoms with Crippen molar-refractivity contribution in [3.63, 3.8) is 0 Å². The van der Waals surface area contributed by atoms with Crippen LogP contribution in [-0.4, -0.2) is 52.4 Å². The van der Waals surface area contributed by atoms with E-state index in [0.29, 0.717) is 17.5 Å². The van der Waals surface area contributed by atoms with Gasteiger partial charge < -0.3 is 26.0 Å². The molecule has 0 saturated heterocycles. The van der Waals surface area contributed by atoms with Gasteiger partial charge >= 0.3 is 6.09 Å². The molecule has 0 bridgehead atoms. The van der Waals surface area contributed by atoms with Crippen LogP contribution >= 0.6 is 0 Å². The number of amides is 4. The number of carbonyl (C=O) groups is 4. The van der Waals surface area contributed by atoms with Gasteiger partial charge in [0.2, 0.25) is 17.7 Å². The fourth-order valence-electron chi connectivity index (χ4n) is 5.01. The summed E-state index contributed by atoms with van der Waals surface area (Å²) in [5.41, 5.74) is 5.66. The van der Waals surface area contributed by atoms with Gasteiger partial charge in [0.15, 0.2) is 0 Å². The van der Waals surface area contributed by atoms with Crippen molar-refractivity contribution in [2.24, 2.45) is 11.7 Å². The van der Waals surface area contributed by atoms with Crippen LogP contribution in [-0.2, 0) is 19.1 Å². The average molecular weight is 525 g/mol. The molecule has 0 aromatic heterocycles. The number of alkyl carbamates (subject to hydrolysis) is 1. The molecule has 4 amide bonds. The van der Waals surface area contributed by atoms with Gasteiger partial charge in [0.1, 0.15) is 17.7 Å². The molecule has 2 aliphatic carbocycles. The zero-order valence-corrected chi connectivity index (χ0v) is 22.8. The van der Waals surface area contributed by atoms with Crippen molar-refractivity contribution in [3.8, 4) is 12.3 Å². The van der Waals surface area contributed by atoms with Gasteiger partial charge in [-0.15, -0.1) is 6.42 Å². The first-order chi connectivity index (χ1) is 17.9. The maximum absolute atomic E-state index is 14.1. The second kappa shape index (κ2) is 12.3. The monoisotopic (exact) mass is 524 g/mol. The lowest BCUT2D eigenvalue weighted by Gasteiger charge is -2.36. The van der Waals surface area contributed by atoms with Crippen molar-refractivity contribution in [3.05, 3.63) is 35.4 Å². The van der Waals surface area contributed by atoms with Gasteiger partial charge in [0.05, 0.1) is 6.42 Å². The van der Waals surface area contributed by atoms with E-state index in [4.69, 9.17) is 16.9 Å². The molecule has 3 rings (SSSR count). The predicted octanol–water partition coefficient (Wildman–Crippen LogP) is 3.16. The highest BCUT2D eigenvalue weighted by atomic mass is 16.6. The van der Waals surface area contributed by atoms with E-state index in [0.717, 1.165) is 32.1 Å². The van der Waals surface area contributed by atoms with E-state index in [2.05, 4.69) is 16.6 Å². The SMILES string of the molecule is C#Cc1ccccc1C(C(=O)NC1CCCCC1)N(C(=O)C(CC(N)=O)NC(=O)OC(C)(C)C)C1CC1C. The van der Waals surface area contributed by atoms with Crippen LogP contribution in [0.3, 0.4) is 0 Å². The van der Waals surface area contributed by atoms with Crippen molar-refractivity contribution >= 4 is 23.8 Å². The van der Waals surface area contributed by atoms with Gasteiger partial charge in [-0.25, -0.2) is 4.79 Å². The molecular formula is C29H40N4O5. The molecule has 2 fully saturated rings. The molecule has 1 aromatic rings. The van der Waals surface area contributed by atoms with Gasteiger partial charge in [0.25, 0.3) is 0 Å². The minimum absolute atomic E-state index is 0.00614. The zero-order valence-electron chi connectivity index (χ0n) is 22.8. The van der Waals surface area contributed by atoms with Crippen molar-refractivity contribution in [1.82, 2.24) is 15.5 Å². The summed E-state index contributed by atoms with van der Waals surface area (Å²) >= 11 is 0. The summed E-state index contributed by atoms with van der Waals surface area (Å²) in [4.78, 5) is 54.1. The molecular weight excluding hydrogens is 484 g/mol. The van der Waals surface area contributed by atoms with E-state index >= 15 is 0 Å². The maximum atomic E-state index is 14.1. The lowest BCUT2D eigenvalue weighted by atomic mass is 9.93. The number of carbonyl (C=O) groups excluding carboxylic acids is 4. The van der Waals surface area contributed by atoms with E-state index in [-0.39, 0.29) is 23.9 Å². The van der Waals surface area contributed by atoms with E-state index < -0.39 is 42.0 Å². The Morgan fingerprint density at radius 2 is 1.79 bits per heavy atom. The molecule has 2 saturated carbocycles. The molecule has 0 radical (unpaired) electrons. The van der Waals surface area contributed by atoms with E-state index in [1.807, 2.05) is 6.92 Å². The molecule has 0 heterocycles.